The number of amides is 2. The highest BCUT2D eigenvalue weighted by molar-refractivity contribution is 5.90. The fraction of sp³-hybridized carbons (Fsp3) is 0.429. The first-order chi connectivity index (χ1) is 9.20. The van der Waals surface area contributed by atoms with E-state index < -0.39 is 0 Å². The van der Waals surface area contributed by atoms with Crippen LogP contribution in [0.4, 0.5) is 5.69 Å². The molecule has 0 saturated heterocycles. The van der Waals surface area contributed by atoms with Crippen molar-refractivity contribution in [2.45, 2.75) is 25.8 Å². The first-order valence-corrected chi connectivity index (χ1v) is 6.59. The predicted octanol–water partition coefficient (Wildman–Crippen LogP) is 0.666. The molecule has 0 aromatic heterocycles. The highest BCUT2D eigenvalue weighted by atomic mass is 16.2. The number of anilines is 1. The number of hydrogen-bond donors (Lipinski definition) is 3. The van der Waals surface area contributed by atoms with Gasteiger partial charge < -0.3 is 16.0 Å². The largest absolute Gasteiger partial charge is 0.373 e. The Hall–Kier alpha value is -2.04. The lowest BCUT2D eigenvalue weighted by Crippen LogP contribution is -2.43. The van der Waals surface area contributed by atoms with Crippen LogP contribution in [0.1, 0.15) is 18.9 Å². The van der Waals surface area contributed by atoms with Gasteiger partial charge in [0.1, 0.15) is 6.04 Å². The van der Waals surface area contributed by atoms with Gasteiger partial charge in [0.15, 0.2) is 0 Å². The highest BCUT2D eigenvalue weighted by Gasteiger charge is 2.26. The van der Waals surface area contributed by atoms with Crippen molar-refractivity contribution in [2.24, 2.45) is 0 Å². The third-order valence-electron chi connectivity index (χ3n) is 3.08. The molecule has 1 unspecified atom stereocenters. The second-order valence-electron chi connectivity index (χ2n) is 4.63. The van der Waals surface area contributed by atoms with Gasteiger partial charge in [-0.05, 0) is 18.1 Å². The molecule has 0 saturated carbocycles. The molecule has 1 aliphatic heterocycles. The van der Waals surface area contributed by atoms with Crippen LogP contribution >= 0.6 is 0 Å². The fourth-order valence-corrected chi connectivity index (χ4v) is 2.07. The van der Waals surface area contributed by atoms with E-state index in [-0.39, 0.29) is 24.4 Å². The van der Waals surface area contributed by atoms with E-state index in [4.69, 9.17) is 0 Å². The average molecular weight is 261 g/mol. The van der Waals surface area contributed by atoms with Gasteiger partial charge in [-0.25, -0.2) is 0 Å². The molecule has 3 N–H and O–H groups in total. The molecule has 5 nitrogen and oxygen atoms in total. The Morgan fingerprint density at radius 3 is 2.84 bits per heavy atom. The number of para-hydroxylation sites is 1. The summed E-state index contributed by atoms with van der Waals surface area (Å²) in [5, 5.41) is 8.53. The van der Waals surface area contributed by atoms with E-state index in [0.29, 0.717) is 13.0 Å². The number of carbonyl (C=O) groups is 2. The van der Waals surface area contributed by atoms with Crippen molar-refractivity contribution >= 4 is 17.5 Å². The fourth-order valence-electron chi connectivity index (χ4n) is 2.07. The molecule has 2 rings (SSSR count). The summed E-state index contributed by atoms with van der Waals surface area (Å²) >= 11 is 0. The number of fused-ring (bicyclic) bond motifs is 1. The van der Waals surface area contributed by atoms with Gasteiger partial charge in [0.05, 0.1) is 6.54 Å². The van der Waals surface area contributed by atoms with Crippen LogP contribution in [0, 0.1) is 0 Å². The van der Waals surface area contributed by atoms with Crippen LogP contribution in [-0.2, 0) is 16.0 Å². The average Bonchev–Trinajstić information content (AvgIpc) is 2.86. The first-order valence-electron chi connectivity index (χ1n) is 6.59. The maximum absolute atomic E-state index is 11.9. The van der Waals surface area contributed by atoms with Crippen LogP contribution in [0.5, 0.6) is 0 Å². The summed E-state index contributed by atoms with van der Waals surface area (Å²) in [7, 11) is 0. The van der Waals surface area contributed by atoms with E-state index in [1.54, 1.807) is 0 Å². The molecular weight excluding hydrogens is 242 g/mol. The van der Waals surface area contributed by atoms with E-state index in [9.17, 15) is 9.59 Å². The van der Waals surface area contributed by atoms with Crippen molar-refractivity contribution in [3.05, 3.63) is 29.8 Å². The summed E-state index contributed by atoms with van der Waals surface area (Å²) in [5.74, 6) is -0.284. The quantitative estimate of drug-likeness (QED) is 0.729. The zero-order valence-electron chi connectivity index (χ0n) is 11.0. The van der Waals surface area contributed by atoms with E-state index >= 15 is 0 Å². The van der Waals surface area contributed by atoms with Crippen molar-refractivity contribution in [3.63, 3.8) is 0 Å². The normalized spacial score (nSPS) is 16.4. The van der Waals surface area contributed by atoms with Crippen LogP contribution in [0.2, 0.25) is 0 Å². The molecule has 1 aromatic carbocycles. The van der Waals surface area contributed by atoms with Gasteiger partial charge in [0, 0.05) is 18.7 Å². The smallest absolute Gasteiger partial charge is 0.243 e. The van der Waals surface area contributed by atoms with Gasteiger partial charge in [-0.3, -0.25) is 9.59 Å². The van der Waals surface area contributed by atoms with Crippen molar-refractivity contribution in [1.82, 2.24) is 10.6 Å². The van der Waals surface area contributed by atoms with E-state index in [1.165, 1.54) is 0 Å². The minimum absolute atomic E-state index is 0.0351. The molecule has 1 aromatic rings. The summed E-state index contributed by atoms with van der Waals surface area (Å²) < 4.78 is 0. The molecular formula is C14H19N3O2. The first kappa shape index (κ1) is 13.4. The number of rotatable bonds is 5. The minimum Gasteiger partial charge on any atom is -0.373 e. The Morgan fingerprint density at radius 2 is 2.11 bits per heavy atom. The molecule has 1 atom stereocenters. The molecule has 0 fully saturated rings. The molecule has 0 spiro atoms. The van der Waals surface area contributed by atoms with E-state index in [0.717, 1.165) is 17.7 Å². The lowest BCUT2D eigenvalue weighted by molar-refractivity contribution is -0.126. The monoisotopic (exact) mass is 261 g/mol. The SMILES string of the molecule is CCCNC(=O)CNC(=O)C1Cc2ccccc2N1. The standard InChI is InChI=1S/C14H19N3O2/c1-2-7-15-13(18)9-16-14(19)12-8-10-5-3-4-6-11(10)17-12/h3-6,12,17H,2,7-9H2,1H3,(H,15,18)(H,16,19). The third-order valence-corrected chi connectivity index (χ3v) is 3.08. The van der Waals surface area contributed by atoms with Crippen LogP contribution in [0.3, 0.4) is 0 Å². The van der Waals surface area contributed by atoms with Gasteiger partial charge in [0.25, 0.3) is 0 Å². The molecule has 0 bridgehead atoms. The predicted molar refractivity (Wildman–Crippen MR) is 73.9 cm³/mol. The van der Waals surface area contributed by atoms with Gasteiger partial charge in [-0.15, -0.1) is 0 Å². The van der Waals surface area contributed by atoms with Crippen LogP contribution in [-0.4, -0.2) is 30.9 Å². The second-order valence-corrected chi connectivity index (χ2v) is 4.63. The van der Waals surface area contributed by atoms with Gasteiger partial charge in [-0.1, -0.05) is 25.1 Å². The molecule has 5 heteroatoms. The third kappa shape index (κ3) is 3.47. The van der Waals surface area contributed by atoms with Gasteiger partial charge >= 0.3 is 0 Å². The van der Waals surface area contributed by atoms with Crippen LogP contribution < -0.4 is 16.0 Å². The molecule has 1 aliphatic rings. The van der Waals surface area contributed by atoms with Crippen molar-refractivity contribution in [1.29, 1.82) is 0 Å². The maximum atomic E-state index is 11.9. The summed E-state index contributed by atoms with van der Waals surface area (Å²) in [5.41, 5.74) is 2.14. The Kier molecular flexibility index (Phi) is 4.39. The zero-order chi connectivity index (χ0) is 13.7. The molecule has 1 heterocycles. The lowest BCUT2D eigenvalue weighted by Gasteiger charge is -2.11. The van der Waals surface area contributed by atoms with Crippen molar-refractivity contribution in [2.75, 3.05) is 18.4 Å². The lowest BCUT2D eigenvalue weighted by atomic mass is 10.1. The molecule has 0 aliphatic carbocycles. The number of nitrogens with one attached hydrogen (secondary N) is 3. The van der Waals surface area contributed by atoms with Crippen molar-refractivity contribution in [3.8, 4) is 0 Å². The number of carbonyl (C=O) groups excluding carboxylic acids is 2. The Morgan fingerprint density at radius 1 is 1.32 bits per heavy atom. The van der Waals surface area contributed by atoms with Crippen LogP contribution in [0.25, 0.3) is 0 Å². The summed E-state index contributed by atoms with van der Waals surface area (Å²) in [6.07, 6.45) is 1.55. The Bertz CT molecular complexity index is 449. The minimum atomic E-state index is -0.281. The van der Waals surface area contributed by atoms with Crippen molar-refractivity contribution < 1.29 is 9.59 Å². The Balaban J connectivity index is 1.78. The zero-order valence-corrected chi connectivity index (χ0v) is 11.0. The van der Waals surface area contributed by atoms with Gasteiger partial charge in [-0.2, -0.15) is 0 Å². The number of benzene rings is 1. The van der Waals surface area contributed by atoms with E-state index in [1.807, 2.05) is 31.2 Å². The Labute approximate surface area is 112 Å². The second kappa shape index (κ2) is 6.22. The van der Waals surface area contributed by atoms with E-state index in [2.05, 4.69) is 16.0 Å². The maximum Gasteiger partial charge on any atom is 0.243 e. The summed E-state index contributed by atoms with van der Waals surface area (Å²) in [6.45, 7) is 2.66. The molecule has 102 valence electrons. The summed E-state index contributed by atoms with van der Waals surface area (Å²) in [4.78, 5) is 23.3. The molecule has 0 radical (unpaired) electrons. The molecule has 19 heavy (non-hydrogen) atoms. The number of hydrogen-bond acceptors (Lipinski definition) is 3. The molecule has 2 amide bonds. The van der Waals surface area contributed by atoms with Crippen LogP contribution in [0.15, 0.2) is 24.3 Å². The highest BCUT2D eigenvalue weighted by Crippen LogP contribution is 2.24. The van der Waals surface area contributed by atoms with Gasteiger partial charge in [0.2, 0.25) is 11.8 Å². The topological polar surface area (TPSA) is 70.2 Å². The summed E-state index contributed by atoms with van der Waals surface area (Å²) in [6, 6.07) is 7.57.